The van der Waals surface area contributed by atoms with Crippen molar-refractivity contribution < 1.29 is 13.9 Å². The minimum Gasteiger partial charge on any atom is -0.493 e. The highest BCUT2D eigenvalue weighted by molar-refractivity contribution is 5.48. The lowest BCUT2D eigenvalue weighted by Gasteiger charge is -2.27. The second kappa shape index (κ2) is 5.74. The van der Waals surface area contributed by atoms with Crippen LogP contribution in [-0.2, 0) is 5.54 Å². The normalized spacial score (nSPS) is 13.6. The Balaban J connectivity index is 2.49. The van der Waals surface area contributed by atoms with Gasteiger partial charge < -0.3 is 15.2 Å². The van der Waals surface area contributed by atoms with Crippen LogP contribution in [0.5, 0.6) is 11.5 Å². The van der Waals surface area contributed by atoms with Gasteiger partial charge in [-0.2, -0.15) is 0 Å². The van der Waals surface area contributed by atoms with Gasteiger partial charge in [0, 0.05) is 0 Å². The highest BCUT2D eigenvalue weighted by atomic mass is 19.1. The van der Waals surface area contributed by atoms with E-state index in [-0.39, 0.29) is 5.82 Å². The summed E-state index contributed by atoms with van der Waals surface area (Å²) in [6, 6.07) is 10.5. The molecule has 0 aliphatic heterocycles. The number of nitrogens with two attached hydrogens (primary N) is 1. The average Bonchev–Trinajstić information content (AvgIpc) is 2.49. The van der Waals surface area contributed by atoms with Gasteiger partial charge in [-0.15, -0.1) is 0 Å². The van der Waals surface area contributed by atoms with Gasteiger partial charge in [0.25, 0.3) is 0 Å². The molecule has 4 heteroatoms. The maximum Gasteiger partial charge on any atom is 0.161 e. The number of ether oxygens (including phenoxy) is 2. The summed E-state index contributed by atoms with van der Waals surface area (Å²) >= 11 is 0. The van der Waals surface area contributed by atoms with Crippen molar-refractivity contribution in [1.29, 1.82) is 0 Å². The Hall–Kier alpha value is -2.07. The third-order valence-corrected chi connectivity index (χ3v) is 3.75. The Bertz CT molecular complexity index is 653. The van der Waals surface area contributed by atoms with Crippen LogP contribution >= 0.6 is 0 Å². The maximum atomic E-state index is 13.8. The van der Waals surface area contributed by atoms with Crippen LogP contribution in [0.25, 0.3) is 0 Å². The molecule has 0 spiro atoms. The zero-order valence-electron chi connectivity index (χ0n) is 12.7. The highest BCUT2D eigenvalue weighted by Gasteiger charge is 2.25. The molecular weight excluding hydrogens is 269 g/mol. The molecule has 2 rings (SSSR count). The molecule has 2 N–H and O–H groups in total. The Morgan fingerprint density at radius 1 is 0.952 bits per heavy atom. The van der Waals surface area contributed by atoms with Crippen LogP contribution in [-0.4, -0.2) is 14.2 Å². The summed E-state index contributed by atoms with van der Waals surface area (Å²) in [5.41, 5.74) is 7.73. The molecule has 0 saturated heterocycles. The number of benzene rings is 2. The van der Waals surface area contributed by atoms with Crippen molar-refractivity contribution >= 4 is 0 Å². The number of methoxy groups -OCH3 is 2. The average molecular weight is 289 g/mol. The second-order valence-electron chi connectivity index (χ2n) is 5.24. The molecule has 0 aliphatic carbocycles. The van der Waals surface area contributed by atoms with Gasteiger partial charge in [0.1, 0.15) is 5.82 Å². The summed E-state index contributed by atoms with van der Waals surface area (Å²) in [5.74, 6) is 0.969. The topological polar surface area (TPSA) is 44.5 Å². The van der Waals surface area contributed by atoms with Gasteiger partial charge in [0.2, 0.25) is 0 Å². The first kappa shape index (κ1) is 15.3. The first-order valence-electron chi connectivity index (χ1n) is 6.68. The van der Waals surface area contributed by atoms with E-state index in [4.69, 9.17) is 15.2 Å². The Morgan fingerprint density at radius 2 is 1.52 bits per heavy atom. The molecule has 0 amide bonds. The van der Waals surface area contributed by atoms with Crippen molar-refractivity contribution in [2.45, 2.75) is 19.4 Å². The first-order chi connectivity index (χ1) is 9.90. The van der Waals surface area contributed by atoms with Crippen LogP contribution in [0, 0.1) is 12.7 Å². The molecule has 0 aliphatic rings. The second-order valence-corrected chi connectivity index (χ2v) is 5.24. The van der Waals surface area contributed by atoms with Crippen LogP contribution in [0.15, 0.2) is 36.4 Å². The van der Waals surface area contributed by atoms with Gasteiger partial charge in [0.05, 0.1) is 19.8 Å². The van der Waals surface area contributed by atoms with Gasteiger partial charge in [0.15, 0.2) is 11.5 Å². The first-order valence-corrected chi connectivity index (χ1v) is 6.68. The molecule has 0 saturated carbocycles. The smallest absolute Gasteiger partial charge is 0.161 e. The summed E-state index contributed by atoms with van der Waals surface area (Å²) in [6.45, 7) is 3.57. The van der Waals surface area contributed by atoms with E-state index in [1.54, 1.807) is 33.3 Å². The maximum absolute atomic E-state index is 13.8. The number of hydrogen-bond acceptors (Lipinski definition) is 3. The molecule has 0 heterocycles. The predicted octanol–water partition coefficient (Wildman–Crippen LogP) is 3.37. The third-order valence-electron chi connectivity index (χ3n) is 3.75. The van der Waals surface area contributed by atoms with Gasteiger partial charge >= 0.3 is 0 Å². The third kappa shape index (κ3) is 2.85. The van der Waals surface area contributed by atoms with E-state index in [0.717, 1.165) is 5.56 Å². The summed E-state index contributed by atoms with van der Waals surface area (Å²) < 4.78 is 24.3. The largest absolute Gasteiger partial charge is 0.493 e. The lowest BCUT2D eigenvalue weighted by atomic mass is 9.85. The Kier molecular flexibility index (Phi) is 4.19. The fourth-order valence-corrected chi connectivity index (χ4v) is 2.24. The lowest BCUT2D eigenvalue weighted by Crippen LogP contribution is -2.34. The zero-order chi connectivity index (χ0) is 15.6. The van der Waals surface area contributed by atoms with Crippen molar-refractivity contribution in [2.75, 3.05) is 14.2 Å². The van der Waals surface area contributed by atoms with Crippen LogP contribution in [0.4, 0.5) is 4.39 Å². The predicted molar refractivity (Wildman–Crippen MR) is 81.3 cm³/mol. The van der Waals surface area contributed by atoms with Gasteiger partial charge in [-0.1, -0.05) is 18.2 Å². The number of hydrogen-bond donors (Lipinski definition) is 1. The van der Waals surface area contributed by atoms with Gasteiger partial charge in [-0.05, 0) is 48.7 Å². The Labute approximate surface area is 124 Å². The van der Waals surface area contributed by atoms with Gasteiger partial charge in [-0.3, -0.25) is 0 Å². The minimum absolute atomic E-state index is 0.260. The van der Waals surface area contributed by atoms with E-state index in [9.17, 15) is 4.39 Å². The van der Waals surface area contributed by atoms with Crippen LogP contribution < -0.4 is 15.2 Å². The zero-order valence-corrected chi connectivity index (χ0v) is 12.7. The fraction of sp³-hybridized carbons (Fsp3) is 0.294. The van der Waals surface area contributed by atoms with E-state index in [0.29, 0.717) is 22.6 Å². The molecule has 0 aromatic heterocycles. The monoisotopic (exact) mass is 289 g/mol. The molecular formula is C17H20FNO2. The molecule has 2 aromatic rings. The number of rotatable bonds is 4. The number of halogens is 1. The van der Waals surface area contributed by atoms with Crippen LogP contribution in [0.1, 0.15) is 23.6 Å². The van der Waals surface area contributed by atoms with Crippen LogP contribution in [0.2, 0.25) is 0 Å². The minimum atomic E-state index is -0.825. The van der Waals surface area contributed by atoms with Gasteiger partial charge in [-0.25, -0.2) is 4.39 Å². The van der Waals surface area contributed by atoms with Crippen molar-refractivity contribution in [2.24, 2.45) is 5.73 Å². The number of aryl methyl sites for hydroxylation is 1. The van der Waals surface area contributed by atoms with E-state index < -0.39 is 5.54 Å². The molecule has 0 bridgehead atoms. The van der Waals surface area contributed by atoms with E-state index in [1.165, 1.54) is 6.07 Å². The van der Waals surface area contributed by atoms with Crippen molar-refractivity contribution in [1.82, 2.24) is 0 Å². The lowest BCUT2D eigenvalue weighted by molar-refractivity contribution is 0.353. The summed E-state index contributed by atoms with van der Waals surface area (Å²) in [6.07, 6.45) is 0. The van der Waals surface area contributed by atoms with E-state index in [2.05, 4.69) is 0 Å². The molecule has 2 aromatic carbocycles. The SMILES string of the molecule is COc1ccc(C(C)(N)c2ccc(C)c(F)c2)cc1OC. The van der Waals surface area contributed by atoms with Crippen molar-refractivity contribution in [3.8, 4) is 11.5 Å². The molecule has 21 heavy (non-hydrogen) atoms. The summed E-state index contributed by atoms with van der Waals surface area (Å²) in [7, 11) is 3.15. The van der Waals surface area contributed by atoms with Crippen molar-refractivity contribution in [3.05, 3.63) is 58.9 Å². The van der Waals surface area contributed by atoms with Crippen LogP contribution in [0.3, 0.4) is 0 Å². The molecule has 0 radical (unpaired) electrons. The summed E-state index contributed by atoms with van der Waals surface area (Å²) in [5, 5.41) is 0. The molecule has 0 fully saturated rings. The Morgan fingerprint density at radius 3 is 2.10 bits per heavy atom. The van der Waals surface area contributed by atoms with E-state index >= 15 is 0 Å². The fourth-order valence-electron chi connectivity index (χ4n) is 2.24. The quantitative estimate of drug-likeness (QED) is 0.938. The highest BCUT2D eigenvalue weighted by Crippen LogP contribution is 2.34. The standard InChI is InChI=1S/C17H20FNO2/c1-11-5-6-12(9-14(11)18)17(2,19)13-7-8-15(20-3)16(10-13)21-4/h5-10H,19H2,1-4H3. The molecule has 112 valence electrons. The van der Waals surface area contributed by atoms with E-state index in [1.807, 2.05) is 25.1 Å². The summed E-state index contributed by atoms with van der Waals surface area (Å²) in [4.78, 5) is 0. The van der Waals surface area contributed by atoms with Crippen molar-refractivity contribution in [3.63, 3.8) is 0 Å². The molecule has 1 atom stereocenters. The molecule has 3 nitrogen and oxygen atoms in total. The molecule has 1 unspecified atom stereocenters.